The standard InChI is InChI=1S/C19H19F2NO4/c1-11-7-12(2)19(13(3)8-11)26-10-17(24)25-9-16(23)22-18-14(20)5-4-6-15(18)21/h4-8H,9-10H2,1-3H3,(H,22,23). The molecule has 0 aliphatic heterocycles. The van der Waals surface area contributed by atoms with E-state index < -0.39 is 35.8 Å². The molecule has 1 amide bonds. The Labute approximate surface area is 149 Å². The molecule has 0 saturated heterocycles. The van der Waals surface area contributed by atoms with Crippen molar-refractivity contribution in [1.29, 1.82) is 0 Å². The molecule has 0 aliphatic carbocycles. The van der Waals surface area contributed by atoms with Gasteiger partial charge in [0.1, 0.15) is 23.1 Å². The molecule has 0 aromatic heterocycles. The molecule has 0 saturated carbocycles. The zero-order chi connectivity index (χ0) is 19.3. The number of esters is 1. The largest absolute Gasteiger partial charge is 0.481 e. The monoisotopic (exact) mass is 363 g/mol. The fraction of sp³-hybridized carbons (Fsp3) is 0.263. The number of rotatable bonds is 6. The maximum atomic E-state index is 13.4. The van der Waals surface area contributed by atoms with Gasteiger partial charge in [-0.25, -0.2) is 13.6 Å². The number of nitrogens with one attached hydrogen (secondary N) is 1. The molecule has 0 atom stereocenters. The number of para-hydroxylation sites is 1. The van der Waals surface area contributed by atoms with Crippen LogP contribution in [-0.2, 0) is 14.3 Å². The zero-order valence-electron chi connectivity index (χ0n) is 14.7. The van der Waals surface area contributed by atoms with Gasteiger partial charge in [-0.3, -0.25) is 4.79 Å². The first kappa shape index (κ1) is 19.4. The first-order valence-electron chi connectivity index (χ1n) is 7.88. The molecule has 5 nitrogen and oxygen atoms in total. The molecule has 26 heavy (non-hydrogen) atoms. The van der Waals surface area contributed by atoms with Gasteiger partial charge in [0.05, 0.1) is 0 Å². The molecular weight excluding hydrogens is 344 g/mol. The van der Waals surface area contributed by atoms with Crippen LogP contribution in [-0.4, -0.2) is 25.1 Å². The minimum absolute atomic E-state index is 0.383. The Kier molecular flexibility index (Phi) is 6.27. The van der Waals surface area contributed by atoms with E-state index in [0.29, 0.717) is 5.75 Å². The Bertz CT molecular complexity index is 793. The molecule has 0 spiro atoms. The number of hydrogen-bond donors (Lipinski definition) is 1. The van der Waals surface area contributed by atoms with Crippen molar-refractivity contribution in [3.8, 4) is 5.75 Å². The summed E-state index contributed by atoms with van der Waals surface area (Å²) in [6, 6.07) is 7.02. The van der Waals surface area contributed by atoms with Gasteiger partial charge in [0, 0.05) is 0 Å². The second kappa shape index (κ2) is 8.42. The van der Waals surface area contributed by atoms with Gasteiger partial charge >= 0.3 is 5.97 Å². The fourth-order valence-electron chi connectivity index (χ4n) is 2.51. The SMILES string of the molecule is Cc1cc(C)c(OCC(=O)OCC(=O)Nc2c(F)cccc2F)c(C)c1. The number of aryl methyl sites for hydroxylation is 3. The van der Waals surface area contributed by atoms with E-state index >= 15 is 0 Å². The number of amides is 1. The lowest BCUT2D eigenvalue weighted by molar-refractivity contribution is -0.149. The third kappa shape index (κ3) is 5.02. The average Bonchev–Trinajstić information content (AvgIpc) is 2.55. The second-order valence-electron chi connectivity index (χ2n) is 5.82. The number of anilines is 1. The lowest BCUT2D eigenvalue weighted by Gasteiger charge is -2.13. The fourth-order valence-corrected chi connectivity index (χ4v) is 2.51. The van der Waals surface area contributed by atoms with Crippen molar-refractivity contribution in [2.24, 2.45) is 0 Å². The van der Waals surface area contributed by atoms with Gasteiger partial charge in [0.15, 0.2) is 13.2 Å². The third-order valence-electron chi connectivity index (χ3n) is 3.53. The van der Waals surface area contributed by atoms with Crippen molar-refractivity contribution in [2.45, 2.75) is 20.8 Å². The van der Waals surface area contributed by atoms with Crippen LogP contribution in [0.4, 0.5) is 14.5 Å². The summed E-state index contributed by atoms with van der Waals surface area (Å²) in [5, 5.41) is 2.03. The highest BCUT2D eigenvalue weighted by molar-refractivity contribution is 5.93. The topological polar surface area (TPSA) is 64.6 Å². The number of carbonyl (C=O) groups excluding carboxylic acids is 2. The molecule has 7 heteroatoms. The molecule has 0 radical (unpaired) electrons. The Balaban J connectivity index is 1.85. The molecule has 2 rings (SSSR count). The molecule has 2 aromatic carbocycles. The van der Waals surface area contributed by atoms with Gasteiger partial charge in [-0.15, -0.1) is 0 Å². The van der Waals surface area contributed by atoms with E-state index in [1.54, 1.807) is 0 Å². The number of benzene rings is 2. The smallest absolute Gasteiger partial charge is 0.344 e. The summed E-state index contributed by atoms with van der Waals surface area (Å²) in [4.78, 5) is 23.4. The first-order valence-corrected chi connectivity index (χ1v) is 7.88. The maximum absolute atomic E-state index is 13.4. The number of carbonyl (C=O) groups is 2. The van der Waals surface area contributed by atoms with Gasteiger partial charge in [0.25, 0.3) is 5.91 Å². The van der Waals surface area contributed by atoms with Crippen LogP contribution in [0.15, 0.2) is 30.3 Å². The van der Waals surface area contributed by atoms with E-state index in [0.717, 1.165) is 28.8 Å². The minimum atomic E-state index is -0.918. The van der Waals surface area contributed by atoms with Crippen molar-refractivity contribution in [2.75, 3.05) is 18.5 Å². The van der Waals surface area contributed by atoms with Crippen LogP contribution in [0.2, 0.25) is 0 Å². The molecule has 2 aromatic rings. The first-order chi connectivity index (χ1) is 12.3. The zero-order valence-corrected chi connectivity index (χ0v) is 14.7. The maximum Gasteiger partial charge on any atom is 0.344 e. The van der Waals surface area contributed by atoms with Gasteiger partial charge in [-0.05, 0) is 44.0 Å². The molecular formula is C19H19F2NO4. The number of hydrogen-bond acceptors (Lipinski definition) is 4. The van der Waals surface area contributed by atoms with E-state index in [4.69, 9.17) is 9.47 Å². The van der Waals surface area contributed by atoms with Gasteiger partial charge in [-0.1, -0.05) is 23.8 Å². The number of ether oxygens (including phenoxy) is 2. The van der Waals surface area contributed by atoms with Crippen LogP contribution in [0.25, 0.3) is 0 Å². The molecule has 0 heterocycles. The lowest BCUT2D eigenvalue weighted by Crippen LogP contribution is -2.24. The highest BCUT2D eigenvalue weighted by atomic mass is 19.1. The van der Waals surface area contributed by atoms with Crippen LogP contribution in [0.3, 0.4) is 0 Å². The van der Waals surface area contributed by atoms with Gasteiger partial charge < -0.3 is 14.8 Å². The molecule has 138 valence electrons. The predicted octanol–water partition coefficient (Wildman–Crippen LogP) is 3.45. The van der Waals surface area contributed by atoms with E-state index in [-0.39, 0.29) is 6.61 Å². The summed E-state index contributed by atoms with van der Waals surface area (Å²) in [5.74, 6) is -2.89. The highest BCUT2D eigenvalue weighted by Gasteiger charge is 2.14. The van der Waals surface area contributed by atoms with Crippen molar-refractivity contribution < 1.29 is 27.8 Å². The number of halogens is 2. The molecule has 1 N–H and O–H groups in total. The molecule has 0 aliphatic rings. The van der Waals surface area contributed by atoms with Crippen LogP contribution in [0.5, 0.6) is 5.75 Å². The van der Waals surface area contributed by atoms with Crippen molar-refractivity contribution in [3.05, 3.63) is 58.7 Å². The second-order valence-corrected chi connectivity index (χ2v) is 5.82. The molecule has 0 bridgehead atoms. The van der Waals surface area contributed by atoms with Crippen LogP contribution in [0, 0.1) is 32.4 Å². The summed E-state index contributed by atoms with van der Waals surface area (Å²) < 4.78 is 37.1. The summed E-state index contributed by atoms with van der Waals surface area (Å²) in [5.41, 5.74) is 2.24. The Morgan fingerprint density at radius 1 is 1.00 bits per heavy atom. The third-order valence-corrected chi connectivity index (χ3v) is 3.53. The Morgan fingerprint density at radius 3 is 2.15 bits per heavy atom. The van der Waals surface area contributed by atoms with E-state index in [1.165, 1.54) is 6.07 Å². The average molecular weight is 363 g/mol. The highest BCUT2D eigenvalue weighted by Crippen LogP contribution is 2.24. The van der Waals surface area contributed by atoms with Gasteiger partial charge in [0.2, 0.25) is 0 Å². The lowest BCUT2D eigenvalue weighted by atomic mass is 10.1. The van der Waals surface area contributed by atoms with Crippen molar-refractivity contribution in [1.82, 2.24) is 0 Å². The van der Waals surface area contributed by atoms with E-state index in [2.05, 4.69) is 0 Å². The Hall–Kier alpha value is -2.96. The van der Waals surface area contributed by atoms with Crippen LogP contribution < -0.4 is 10.1 Å². The Morgan fingerprint density at radius 2 is 1.58 bits per heavy atom. The summed E-state index contributed by atoms with van der Waals surface area (Å²) >= 11 is 0. The van der Waals surface area contributed by atoms with Crippen molar-refractivity contribution >= 4 is 17.6 Å². The van der Waals surface area contributed by atoms with Gasteiger partial charge in [-0.2, -0.15) is 0 Å². The summed E-state index contributed by atoms with van der Waals surface area (Å²) in [6.45, 7) is 4.61. The normalized spacial score (nSPS) is 10.3. The molecule has 0 unspecified atom stereocenters. The summed E-state index contributed by atoms with van der Waals surface area (Å²) in [7, 11) is 0. The van der Waals surface area contributed by atoms with E-state index in [9.17, 15) is 18.4 Å². The molecule has 0 fully saturated rings. The van der Waals surface area contributed by atoms with Crippen LogP contribution in [0.1, 0.15) is 16.7 Å². The quantitative estimate of drug-likeness (QED) is 0.799. The summed E-state index contributed by atoms with van der Waals surface area (Å²) in [6.07, 6.45) is 0. The van der Waals surface area contributed by atoms with E-state index in [1.807, 2.05) is 38.2 Å². The minimum Gasteiger partial charge on any atom is -0.481 e. The predicted molar refractivity (Wildman–Crippen MR) is 92.1 cm³/mol. The van der Waals surface area contributed by atoms with Crippen molar-refractivity contribution in [3.63, 3.8) is 0 Å². The van der Waals surface area contributed by atoms with Crippen LogP contribution >= 0.6 is 0 Å².